The summed E-state index contributed by atoms with van der Waals surface area (Å²) in [6.07, 6.45) is -0.224. The van der Waals surface area contributed by atoms with Crippen LogP contribution in [-0.2, 0) is 11.2 Å². The lowest BCUT2D eigenvalue weighted by atomic mass is 10.1. The molecule has 1 atom stereocenters. The number of ether oxygens (including phenoxy) is 1. The molecule has 0 saturated heterocycles. The van der Waals surface area contributed by atoms with Gasteiger partial charge in [0.1, 0.15) is 5.75 Å². The predicted octanol–water partition coefficient (Wildman–Crippen LogP) is 1.37. The summed E-state index contributed by atoms with van der Waals surface area (Å²) in [5.74, 6) is -3.85. The van der Waals surface area contributed by atoms with Crippen LogP contribution in [0.4, 0.5) is 4.39 Å². The van der Waals surface area contributed by atoms with Gasteiger partial charge in [-0.05, 0) is 6.07 Å². The minimum atomic E-state index is -2.58. The number of carbonyl (C=O) groups is 1. The van der Waals surface area contributed by atoms with E-state index >= 15 is 0 Å². The maximum absolute atomic E-state index is 13.4. The molecule has 0 aliphatic carbocycles. The third kappa shape index (κ3) is 1.14. The fourth-order valence-corrected chi connectivity index (χ4v) is 1.32. The number of aliphatic carboxylic acids is 1. The van der Waals surface area contributed by atoms with E-state index in [1.165, 1.54) is 0 Å². The predicted molar refractivity (Wildman–Crippen MR) is 42.2 cm³/mol. The van der Waals surface area contributed by atoms with Crippen LogP contribution in [0.5, 0.6) is 5.75 Å². The van der Waals surface area contributed by atoms with Crippen LogP contribution in [-0.4, -0.2) is 16.9 Å². The number of rotatable bonds is 1. The molecule has 1 aromatic carbocycles. The Labute approximate surface area is 73.8 Å². The number of alkyl halides is 1. The van der Waals surface area contributed by atoms with Crippen molar-refractivity contribution < 1.29 is 19.0 Å². The van der Waals surface area contributed by atoms with Gasteiger partial charge in [0.15, 0.2) is 0 Å². The Morgan fingerprint density at radius 3 is 2.85 bits per heavy atom. The van der Waals surface area contributed by atoms with E-state index in [4.69, 9.17) is 5.11 Å². The molecule has 13 heavy (non-hydrogen) atoms. The van der Waals surface area contributed by atoms with E-state index in [0.29, 0.717) is 11.3 Å². The van der Waals surface area contributed by atoms with Crippen molar-refractivity contribution >= 4 is 5.97 Å². The molecule has 4 heteroatoms. The van der Waals surface area contributed by atoms with E-state index in [2.05, 4.69) is 4.74 Å². The zero-order chi connectivity index (χ0) is 9.47. The second kappa shape index (κ2) is 2.45. The zero-order valence-electron chi connectivity index (χ0n) is 6.66. The highest BCUT2D eigenvalue weighted by molar-refractivity contribution is 5.77. The van der Waals surface area contributed by atoms with E-state index in [-0.39, 0.29) is 6.42 Å². The Morgan fingerprint density at radius 1 is 1.54 bits per heavy atom. The largest absolute Gasteiger partial charge is 0.476 e. The first-order valence-corrected chi connectivity index (χ1v) is 3.81. The topological polar surface area (TPSA) is 46.5 Å². The van der Waals surface area contributed by atoms with E-state index in [0.717, 1.165) is 0 Å². The molecule has 1 N–H and O–H groups in total. The zero-order valence-corrected chi connectivity index (χ0v) is 6.66. The quantitative estimate of drug-likeness (QED) is 0.713. The molecule has 1 aromatic rings. The Kier molecular flexibility index (Phi) is 1.52. The van der Waals surface area contributed by atoms with Gasteiger partial charge in [-0.3, -0.25) is 0 Å². The molecule has 0 bridgehead atoms. The standard InChI is InChI=1S/C9H7FO3/c10-9(8(11)12)5-6-3-1-2-4-7(6)13-9/h1-4H,5H2,(H,11,12). The minimum absolute atomic E-state index is 0.224. The lowest BCUT2D eigenvalue weighted by molar-refractivity contribution is -0.170. The molecule has 68 valence electrons. The molecule has 0 saturated carbocycles. The monoisotopic (exact) mass is 182 g/mol. The molecule has 0 aromatic heterocycles. The number of carboxylic acids is 1. The number of hydrogen-bond acceptors (Lipinski definition) is 2. The Hall–Kier alpha value is -1.58. The van der Waals surface area contributed by atoms with Gasteiger partial charge in [-0.25, -0.2) is 4.79 Å². The van der Waals surface area contributed by atoms with Crippen LogP contribution < -0.4 is 4.74 Å². The summed E-state index contributed by atoms with van der Waals surface area (Å²) in [5, 5.41) is 8.54. The lowest BCUT2D eigenvalue weighted by Gasteiger charge is -2.12. The first kappa shape index (κ1) is 8.04. The van der Waals surface area contributed by atoms with E-state index < -0.39 is 11.8 Å². The highest BCUT2D eigenvalue weighted by Crippen LogP contribution is 2.35. The first-order chi connectivity index (χ1) is 6.12. The van der Waals surface area contributed by atoms with Gasteiger partial charge in [0.25, 0.3) is 0 Å². The van der Waals surface area contributed by atoms with Crippen molar-refractivity contribution in [1.82, 2.24) is 0 Å². The van der Waals surface area contributed by atoms with Crippen LogP contribution in [0.15, 0.2) is 24.3 Å². The normalized spacial score (nSPS) is 25.0. The Morgan fingerprint density at radius 2 is 2.23 bits per heavy atom. The molecule has 0 radical (unpaired) electrons. The lowest BCUT2D eigenvalue weighted by Crippen LogP contribution is -2.38. The fourth-order valence-electron chi connectivity index (χ4n) is 1.32. The molecule has 1 unspecified atom stereocenters. The molecule has 0 spiro atoms. The van der Waals surface area contributed by atoms with E-state index in [1.807, 2.05) is 0 Å². The number of hydrogen-bond donors (Lipinski definition) is 1. The van der Waals surface area contributed by atoms with Gasteiger partial charge < -0.3 is 9.84 Å². The summed E-state index contributed by atoms with van der Waals surface area (Å²) in [7, 11) is 0. The van der Waals surface area contributed by atoms with Gasteiger partial charge in [-0.1, -0.05) is 18.2 Å². The Bertz CT molecular complexity index is 337. The average molecular weight is 182 g/mol. The summed E-state index contributed by atoms with van der Waals surface area (Å²) in [4.78, 5) is 10.5. The van der Waals surface area contributed by atoms with Crippen molar-refractivity contribution in [3.63, 3.8) is 0 Å². The second-order valence-corrected chi connectivity index (χ2v) is 2.92. The van der Waals surface area contributed by atoms with Gasteiger partial charge in [0.2, 0.25) is 0 Å². The first-order valence-electron chi connectivity index (χ1n) is 3.81. The second-order valence-electron chi connectivity index (χ2n) is 2.92. The highest BCUT2D eigenvalue weighted by Gasteiger charge is 2.47. The van der Waals surface area contributed by atoms with Gasteiger partial charge in [0, 0.05) is 5.56 Å². The molecule has 1 heterocycles. The van der Waals surface area contributed by atoms with E-state index in [9.17, 15) is 9.18 Å². The summed E-state index contributed by atoms with van der Waals surface area (Å²) < 4.78 is 18.1. The van der Waals surface area contributed by atoms with Crippen molar-refractivity contribution in [2.24, 2.45) is 0 Å². The van der Waals surface area contributed by atoms with Gasteiger partial charge in [-0.15, -0.1) is 0 Å². The number of halogens is 1. The van der Waals surface area contributed by atoms with E-state index in [1.54, 1.807) is 24.3 Å². The number of carboxylic acid groups (broad SMARTS) is 1. The average Bonchev–Trinajstić information content (AvgIpc) is 2.42. The van der Waals surface area contributed by atoms with Crippen molar-refractivity contribution in [1.29, 1.82) is 0 Å². The summed E-state index contributed by atoms with van der Waals surface area (Å²) >= 11 is 0. The number of para-hydroxylation sites is 1. The summed E-state index contributed by atoms with van der Waals surface area (Å²) in [6.45, 7) is 0. The summed E-state index contributed by atoms with van der Waals surface area (Å²) in [6, 6.07) is 6.60. The van der Waals surface area contributed by atoms with Crippen molar-refractivity contribution in [2.45, 2.75) is 12.3 Å². The molecule has 3 nitrogen and oxygen atoms in total. The minimum Gasteiger partial charge on any atom is -0.476 e. The third-order valence-corrected chi connectivity index (χ3v) is 1.98. The maximum atomic E-state index is 13.4. The molecular formula is C9H7FO3. The van der Waals surface area contributed by atoms with Crippen LogP contribution >= 0.6 is 0 Å². The molecule has 0 amide bonds. The van der Waals surface area contributed by atoms with Crippen molar-refractivity contribution in [3.8, 4) is 5.75 Å². The highest BCUT2D eigenvalue weighted by atomic mass is 19.2. The van der Waals surface area contributed by atoms with Crippen LogP contribution in [0.2, 0.25) is 0 Å². The van der Waals surface area contributed by atoms with Crippen LogP contribution in [0.3, 0.4) is 0 Å². The SMILES string of the molecule is O=C(O)C1(F)Cc2ccccc2O1. The smallest absolute Gasteiger partial charge is 0.382 e. The van der Waals surface area contributed by atoms with Crippen LogP contribution in [0.1, 0.15) is 5.56 Å². The Balaban J connectivity index is 2.37. The van der Waals surface area contributed by atoms with Crippen molar-refractivity contribution in [2.75, 3.05) is 0 Å². The van der Waals surface area contributed by atoms with Crippen LogP contribution in [0.25, 0.3) is 0 Å². The number of benzene rings is 1. The third-order valence-electron chi connectivity index (χ3n) is 1.98. The summed E-state index contributed by atoms with van der Waals surface area (Å²) in [5.41, 5.74) is 0.590. The maximum Gasteiger partial charge on any atom is 0.382 e. The molecule has 0 fully saturated rings. The van der Waals surface area contributed by atoms with Crippen molar-refractivity contribution in [3.05, 3.63) is 29.8 Å². The fraction of sp³-hybridized carbons (Fsp3) is 0.222. The molecule has 1 aliphatic heterocycles. The molecule has 2 rings (SSSR count). The molecular weight excluding hydrogens is 175 g/mol. The number of fused-ring (bicyclic) bond motifs is 1. The van der Waals surface area contributed by atoms with Gasteiger partial charge in [0.05, 0.1) is 6.42 Å². The van der Waals surface area contributed by atoms with Gasteiger partial charge >= 0.3 is 11.8 Å². The molecule has 1 aliphatic rings. The van der Waals surface area contributed by atoms with Crippen LogP contribution in [0, 0.1) is 0 Å². The van der Waals surface area contributed by atoms with Gasteiger partial charge in [-0.2, -0.15) is 4.39 Å².